The average Bonchev–Trinajstić information content (AvgIpc) is 2.85. The van der Waals surface area contributed by atoms with Crippen molar-refractivity contribution in [2.75, 3.05) is 33.3 Å². The Morgan fingerprint density at radius 3 is 2.35 bits per heavy atom. The zero-order valence-corrected chi connectivity index (χ0v) is 16.8. The number of ether oxygens (including phenoxy) is 1. The van der Waals surface area contributed by atoms with Crippen molar-refractivity contribution in [2.24, 2.45) is 5.41 Å². The first-order valence-corrected chi connectivity index (χ1v) is 9.49. The van der Waals surface area contributed by atoms with Crippen molar-refractivity contribution in [3.8, 4) is 5.75 Å². The molecule has 0 radical (unpaired) electrons. The molecule has 0 N–H and O–H groups in total. The number of hydrogen-bond acceptors (Lipinski definition) is 3. The van der Waals surface area contributed by atoms with Crippen LogP contribution in [0.5, 0.6) is 5.75 Å². The molecule has 1 aliphatic rings. The Morgan fingerprint density at radius 1 is 1.08 bits per heavy atom. The lowest BCUT2D eigenvalue weighted by Crippen LogP contribution is -2.38. The maximum Gasteiger partial charge on any atom is 0.253 e. The van der Waals surface area contributed by atoms with Crippen molar-refractivity contribution in [1.82, 2.24) is 9.80 Å². The van der Waals surface area contributed by atoms with E-state index < -0.39 is 0 Å². The highest BCUT2D eigenvalue weighted by Gasteiger charge is 2.25. The lowest BCUT2D eigenvalue weighted by atomic mass is 9.91. The van der Waals surface area contributed by atoms with Crippen LogP contribution in [0, 0.1) is 5.41 Å². The van der Waals surface area contributed by atoms with Gasteiger partial charge in [-0.25, -0.2) is 0 Å². The molecule has 5 heteroatoms. The summed E-state index contributed by atoms with van der Waals surface area (Å²) in [6.07, 6.45) is 2.18. The highest BCUT2D eigenvalue weighted by atomic mass is 16.5. The number of hydrogen-bond donors (Lipinski definition) is 0. The Bertz CT molecular complexity index is 649. The molecule has 0 saturated carbocycles. The van der Waals surface area contributed by atoms with E-state index in [1.807, 2.05) is 28.0 Å². The number of methoxy groups -OCH3 is 1. The van der Waals surface area contributed by atoms with Gasteiger partial charge in [-0.2, -0.15) is 0 Å². The zero-order chi connectivity index (χ0) is 19.3. The van der Waals surface area contributed by atoms with E-state index in [0.29, 0.717) is 31.6 Å². The summed E-state index contributed by atoms with van der Waals surface area (Å²) >= 11 is 0. The minimum atomic E-state index is -0.0153. The molecule has 0 atom stereocenters. The van der Waals surface area contributed by atoms with Crippen LogP contribution in [0.2, 0.25) is 0 Å². The van der Waals surface area contributed by atoms with Crippen molar-refractivity contribution in [3.63, 3.8) is 0 Å². The minimum Gasteiger partial charge on any atom is -0.496 e. The van der Waals surface area contributed by atoms with Gasteiger partial charge in [0, 0.05) is 38.2 Å². The van der Waals surface area contributed by atoms with Crippen LogP contribution in [0.25, 0.3) is 0 Å². The maximum atomic E-state index is 12.9. The molecule has 1 saturated heterocycles. The van der Waals surface area contributed by atoms with Crippen LogP contribution in [0.3, 0.4) is 0 Å². The molecule has 2 amide bonds. The number of carbonyl (C=O) groups is 2. The van der Waals surface area contributed by atoms with E-state index in [2.05, 4.69) is 27.7 Å². The minimum absolute atomic E-state index is 0.0153. The third-order valence-corrected chi connectivity index (χ3v) is 4.73. The average molecular weight is 360 g/mol. The van der Waals surface area contributed by atoms with Crippen molar-refractivity contribution in [3.05, 3.63) is 29.3 Å². The quantitative estimate of drug-likeness (QED) is 0.827. The number of rotatable bonds is 4. The van der Waals surface area contributed by atoms with Gasteiger partial charge in [-0.1, -0.05) is 27.7 Å². The van der Waals surface area contributed by atoms with Gasteiger partial charge < -0.3 is 14.5 Å². The van der Waals surface area contributed by atoms with Crippen molar-refractivity contribution in [1.29, 1.82) is 0 Å². The Morgan fingerprint density at radius 2 is 1.73 bits per heavy atom. The summed E-state index contributed by atoms with van der Waals surface area (Å²) in [6.45, 7) is 10.9. The molecule has 1 aliphatic heterocycles. The Balaban J connectivity index is 2.04. The van der Waals surface area contributed by atoms with Gasteiger partial charge in [0.05, 0.1) is 7.11 Å². The first-order valence-electron chi connectivity index (χ1n) is 9.49. The van der Waals surface area contributed by atoms with Gasteiger partial charge in [-0.15, -0.1) is 0 Å². The summed E-state index contributed by atoms with van der Waals surface area (Å²) in [6, 6.07) is 5.62. The van der Waals surface area contributed by atoms with Gasteiger partial charge in [0.25, 0.3) is 5.91 Å². The first-order chi connectivity index (χ1) is 12.2. The van der Waals surface area contributed by atoms with Gasteiger partial charge in [-0.05, 0) is 42.0 Å². The van der Waals surface area contributed by atoms with Gasteiger partial charge in [0.15, 0.2) is 0 Å². The Labute approximate surface area is 157 Å². The zero-order valence-electron chi connectivity index (χ0n) is 16.8. The first kappa shape index (κ1) is 20.3. The monoisotopic (exact) mass is 360 g/mol. The summed E-state index contributed by atoms with van der Waals surface area (Å²) in [7, 11) is 1.65. The highest BCUT2D eigenvalue weighted by molar-refractivity contribution is 5.94. The topological polar surface area (TPSA) is 49.9 Å². The van der Waals surface area contributed by atoms with Gasteiger partial charge >= 0.3 is 0 Å². The van der Waals surface area contributed by atoms with Crippen LogP contribution in [-0.2, 0) is 11.2 Å². The summed E-state index contributed by atoms with van der Waals surface area (Å²) in [5, 5.41) is 0. The molecule has 0 aromatic heterocycles. The van der Waals surface area contributed by atoms with Crippen LogP contribution in [0.4, 0.5) is 0 Å². The number of amides is 2. The molecule has 0 unspecified atom stereocenters. The highest BCUT2D eigenvalue weighted by Crippen LogP contribution is 2.23. The van der Waals surface area contributed by atoms with Gasteiger partial charge in [0.1, 0.15) is 5.75 Å². The molecule has 0 spiro atoms. The second kappa shape index (κ2) is 8.56. The number of aryl methyl sites for hydroxylation is 1. The van der Waals surface area contributed by atoms with E-state index in [1.165, 1.54) is 0 Å². The predicted molar refractivity (Wildman–Crippen MR) is 104 cm³/mol. The number of carbonyl (C=O) groups excluding carboxylic acids is 2. The number of benzene rings is 1. The van der Waals surface area contributed by atoms with E-state index >= 15 is 0 Å². The lowest BCUT2D eigenvalue weighted by Gasteiger charge is -2.26. The predicted octanol–water partition coefficient (Wildman–Crippen LogP) is 3.37. The second-order valence-corrected chi connectivity index (χ2v) is 8.14. The molecule has 2 rings (SSSR count). The molecule has 0 bridgehead atoms. The molecule has 144 valence electrons. The van der Waals surface area contributed by atoms with E-state index in [9.17, 15) is 9.59 Å². The molecule has 1 heterocycles. The fourth-order valence-electron chi connectivity index (χ4n) is 3.31. The normalized spacial score (nSPS) is 15.6. The Kier molecular flexibility index (Phi) is 6.68. The van der Waals surface area contributed by atoms with Crippen molar-refractivity contribution >= 4 is 11.8 Å². The molecular weight excluding hydrogens is 328 g/mol. The number of nitrogens with zero attached hydrogens (tertiary/aromatic N) is 2. The molecule has 1 aromatic carbocycles. The third kappa shape index (κ3) is 5.23. The molecule has 0 aliphatic carbocycles. The van der Waals surface area contributed by atoms with Crippen molar-refractivity contribution < 1.29 is 14.3 Å². The lowest BCUT2D eigenvalue weighted by molar-refractivity contribution is -0.132. The van der Waals surface area contributed by atoms with Crippen LogP contribution in [-0.4, -0.2) is 54.9 Å². The van der Waals surface area contributed by atoms with E-state index in [0.717, 1.165) is 30.7 Å². The second-order valence-electron chi connectivity index (χ2n) is 8.14. The van der Waals surface area contributed by atoms with E-state index in [-0.39, 0.29) is 17.2 Å². The van der Waals surface area contributed by atoms with Gasteiger partial charge in [-0.3, -0.25) is 9.59 Å². The largest absolute Gasteiger partial charge is 0.496 e. The molecule has 1 fully saturated rings. The summed E-state index contributed by atoms with van der Waals surface area (Å²) in [4.78, 5) is 29.2. The third-order valence-electron chi connectivity index (χ3n) is 4.73. The van der Waals surface area contributed by atoms with E-state index in [1.54, 1.807) is 7.11 Å². The van der Waals surface area contributed by atoms with Crippen LogP contribution < -0.4 is 4.74 Å². The molecular formula is C21H32N2O3. The molecule has 26 heavy (non-hydrogen) atoms. The van der Waals surface area contributed by atoms with Crippen LogP contribution >= 0.6 is 0 Å². The SMILES string of the molecule is CCc1cc(C(=O)N2CCCN(C(=O)CC(C)(C)C)CC2)ccc1OC. The fraction of sp³-hybridized carbons (Fsp3) is 0.619. The summed E-state index contributed by atoms with van der Waals surface area (Å²) < 4.78 is 5.35. The molecule has 5 nitrogen and oxygen atoms in total. The summed E-state index contributed by atoms with van der Waals surface area (Å²) in [5.74, 6) is 1.04. The fourth-order valence-corrected chi connectivity index (χ4v) is 3.31. The standard InChI is InChI=1S/C21H32N2O3/c1-6-16-14-17(8-9-18(16)26-5)20(25)23-11-7-10-22(12-13-23)19(24)15-21(2,3)4/h8-9,14H,6-7,10-13,15H2,1-5H3. The van der Waals surface area contributed by atoms with Crippen LogP contribution in [0.15, 0.2) is 18.2 Å². The van der Waals surface area contributed by atoms with Crippen molar-refractivity contribution in [2.45, 2.75) is 47.0 Å². The van der Waals surface area contributed by atoms with Gasteiger partial charge in [0.2, 0.25) is 5.91 Å². The maximum absolute atomic E-state index is 12.9. The smallest absolute Gasteiger partial charge is 0.253 e. The van der Waals surface area contributed by atoms with Crippen LogP contribution in [0.1, 0.15) is 56.5 Å². The molecule has 1 aromatic rings. The Hall–Kier alpha value is -2.04. The summed E-state index contributed by atoms with van der Waals surface area (Å²) in [5.41, 5.74) is 1.71. The van der Waals surface area contributed by atoms with E-state index in [4.69, 9.17) is 4.74 Å².